The number of nitrogens with one attached hydrogen (secondary N) is 2. The predicted octanol–water partition coefficient (Wildman–Crippen LogP) is 1.97. The summed E-state index contributed by atoms with van der Waals surface area (Å²) in [6.07, 6.45) is 0. The molecule has 22 heavy (non-hydrogen) atoms. The quantitative estimate of drug-likeness (QED) is 0.247. The van der Waals surface area contributed by atoms with Crippen LogP contribution in [-0.4, -0.2) is 50.5 Å². The van der Waals surface area contributed by atoms with Crippen LogP contribution < -0.4 is 10.6 Å². The van der Waals surface area contributed by atoms with E-state index in [-0.39, 0.29) is 36.5 Å². The summed E-state index contributed by atoms with van der Waals surface area (Å²) in [6.45, 7) is 7.53. The maximum Gasteiger partial charge on any atom is 0.191 e. The first kappa shape index (κ1) is 21.1. The number of nitrogens with zero attached hydrogens (tertiary/aromatic N) is 1. The van der Waals surface area contributed by atoms with Crippen LogP contribution in [0.1, 0.15) is 25.3 Å². The Hall–Kier alpha value is -0.860. The topological polar surface area (TPSA) is 65.9 Å². The fourth-order valence-corrected chi connectivity index (χ4v) is 1.92. The molecule has 6 heteroatoms. The first-order chi connectivity index (χ1) is 10.3. The Morgan fingerprint density at radius 1 is 1.23 bits per heavy atom. The number of hydrogen-bond donors (Lipinski definition) is 3. The van der Waals surface area contributed by atoms with Crippen LogP contribution in [0, 0.1) is 0 Å². The molecule has 1 unspecified atom stereocenters. The molecule has 0 saturated heterocycles. The molecule has 3 N–H and O–H groups in total. The Labute approximate surface area is 150 Å². The Morgan fingerprint density at radius 3 is 2.55 bits per heavy atom. The molecule has 0 aliphatic rings. The number of benzene rings is 1. The number of aliphatic hydroxyl groups excluding tert-OH is 1. The summed E-state index contributed by atoms with van der Waals surface area (Å²) in [7, 11) is 0. The smallest absolute Gasteiger partial charge is 0.191 e. The average molecular weight is 421 g/mol. The zero-order chi connectivity index (χ0) is 15.3. The van der Waals surface area contributed by atoms with Crippen molar-refractivity contribution in [1.82, 2.24) is 10.6 Å². The maximum atomic E-state index is 9.54. The van der Waals surface area contributed by atoms with E-state index in [1.54, 1.807) is 0 Å². The van der Waals surface area contributed by atoms with Gasteiger partial charge >= 0.3 is 0 Å². The van der Waals surface area contributed by atoms with Gasteiger partial charge < -0.3 is 20.5 Å². The molecule has 0 fully saturated rings. The molecule has 1 aromatic rings. The van der Waals surface area contributed by atoms with Gasteiger partial charge in [-0.05, 0) is 19.4 Å². The molecule has 1 atom stereocenters. The molecule has 1 rings (SSSR count). The number of aliphatic imine (C=N–C) groups is 1. The van der Waals surface area contributed by atoms with Gasteiger partial charge in [-0.3, -0.25) is 4.99 Å². The fourth-order valence-electron chi connectivity index (χ4n) is 1.92. The van der Waals surface area contributed by atoms with E-state index in [0.29, 0.717) is 13.2 Å². The molecular formula is C16H28IN3O2. The zero-order valence-electron chi connectivity index (χ0n) is 13.4. The highest BCUT2D eigenvalue weighted by atomic mass is 127. The monoisotopic (exact) mass is 421 g/mol. The molecule has 0 aromatic heterocycles. The lowest BCUT2D eigenvalue weighted by Gasteiger charge is -2.15. The van der Waals surface area contributed by atoms with E-state index in [4.69, 9.17) is 4.74 Å². The van der Waals surface area contributed by atoms with Crippen LogP contribution in [0.25, 0.3) is 0 Å². The normalized spacial score (nSPS) is 12.4. The molecule has 1 aromatic carbocycles. The summed E-state index contributed by atoms with van der Waals surface area (Å²) < 4.78 is 5.29. The van der Waals surface area contributed by atoms with Gasteiger partial charge in [0.15, 0.2) is 5.96 Å². The Morgan fingerprint density at radius 2 is 1.95 bits per heavy atom. The SMILES string of the molecule is CCNC(=NCC(CO)c1ccccc1)NCCOCC.I. The molecule has 5 nitrogen and oxygen atoms in total. The predicted molar refractivity (Wildman–Crippen MR) is 102 cm³/mol. The minimum Gasteiger partial charge on any atom is -0.396 e. The third-order valence-electron chi connectivity index (χ3n) is 3.05. The van der Waals surface area contributed by atoms with Crippen LogP contribution in [0.5, 0.6) is 0 Å². The van der Waals surface area contributed by atoms with Crippen molar-refractivity contribution in [2.45, 2.75) is 19.8 Å². The highest BCUT2D eigenvalue weighted by Gasteiger charge is 2.09. The third kappa shape index (κ3) is 8.55. The van der Waals surface area contributed by atoms with Crippen molar-refractivity contribution >= 4 is 29.9 Å². The molecule has 0 spiro atoms. The lowest BCUT2D eigenvalue weighted by Crippen LogP contribution is -2.39. The second-order valence-electron chi connectivity index (χ2n) is 4.63. The van der Waals surface area contributed by atoms with Crippen molar-refractivity contribution in [3.63, 3.8) is 0 Å². The summed E-state index contributed by atoms with van der Waals surface area (Å²) in [6, 6.07) is 9.97. The lowest BCUT2D eigenvalue weighted by atomic mass is 10.0. The fraction of sp³-hybridized carbons (Fsp3) is 0.562. The van der Waals surface area contributed by atoms with E-state index in [1.165, 1.54) is 0 Å². The van der Waals surface area contributed by atoms with Crippen LogP contribution in [0.15, 0.2) is 35.3 Å². The minimum absolute atomic E-state index is 0. The summed E-state index contributed by atoms with van der Waals surface area (Å²) in [4.78, 5) is 4.54. The zero-order valence-corrected chi connectivity index (χ0v) is 15.7. The van der Waals surface area contributed by atoms with Crippen LogP contribution in [0.2, 0.25) is 0 Å². The van der Waals surface area contributed by atoms with Crippen LogP contribution in [0.3, 0.4) is 0 Å². The molecule has 0 saturated carbocycles. The Balaban J connectivity index is 0.00000441. The summed E-state index contributed by atoms with van der Waals surface area (Å²) in [5.74, 6) is 0.778. The van der Waals surface area contributed by atoms with Gasteiger partial charge in [-0.2, -0.15) is 0 Å². The molecular weight excluding hydrogens is 393 g/mol. The van der Waals surface area contributed by atoms with Gasteiger partial charge in [0.1, 0.15) is 0 Å². The largest absolute Gasteiger partial charge is 0.396 e. The van der Waals surface area contributed by atoms with E-state index >= 15 is 0 Å². The average Bonchev–Trinajstić information content (AvgIpc) is 2.53. The molecule has 0 aliphatic heterocycles. The number of ether oxygens (including phenoxy) is 1. The van der Waals surface area contributed by atoms with Crippen molar-refractivity contribution in [2.24, 2.45) is 4.99 Å². The summed E-state index contributed by atoms with van der Waals surface area (Å²) >= 11 is 0. The van der Waals surface area contributed by atoms with E-state index in [9.17, 15) is 5.11 Å². The number of hydrogen-bond acceptors (Lipinski definition) is 3. The van der Waals surface area contributed by atoms with Crippen molar-refractivity contribution in [3.05, 3.63) is 35.9 Å². The van der Waals surface area contributed by atoms with Crippen molar-refractivity contribution in [1.29, 1.82) is 0 Å². The highest BCUT2D eigenvalue weighted by molar-refractivity contribution is 14.0. The van der Waals surface area contributed by atoms with Crippen LogP contribution >= 0.6 is 24.0 Å². The van der Waals surface area contributed by atoms with E-state index in [2.05, 4.69) is 15.6 Å². The van der Waals surface area contributed by atoms with Gasteiger partial charge in [-0.25, -0.2) is 0 Å². The van der Waals surface area contributed by atoms with E-state index in [0.717, 1.165) is 31.2 Å². The molecule has 0 radical (unpaired) electrons. The third-order valence-corrected chi connectivity index (χ3v) is 3.05. The van der Waals surface area contributed by atoms with Crippen molar-refractivity contribution < 1.29 is 9.84 Å². The van der Waals surface area contributed by atoms with Gasteiger partial charge in [0.25, 0.3) is 0 Å². The van der Waals surface area contributed by atoms with Gasteiger partial charge in [0.05, 0.1) is 19.8 Å². The first-order valence-corrected chi connectivity index (χ1v) is 7.57. The first-order valence-electron chi connectivity index (χ1n) is 7.57. The number of guanidine groups is 1. The Kier molecular flexibility index (Phi) is 13.2. The molecule has 0 aliphatic carbocycles. The maximum absolute atomic E-state index is 9.54. The molecule has 0 heterocycles. The second-order valence-corrected chi connectivity index (χ2v) is 4.63. The molecule has 126 valence electrons. The van der Waals surface area contributed by atoms with Gasteiger partial charge in [-0.15, -0.1) is 24.0 Å². The summed E-state index contributed by atoms with van der Waals surface area (Å²) in [5, 5.41) is 15.9. The number of halogens is 1. The number of aliphatic hydroxyl groups is 1. The lowest BCUT2D eigenvalue weighted by molar-refractivity contribution is 0.152. The summed E-state index contributed by atoms with van der Waals surface area (Å²) in [5.41, 5.74) is 1.11. The van der Waals surface area contributed by atoms with Gasteiger partial charge in [-0.1, -0.05) is 30.3 Å². The van der Waals surface area contributed by atoms with Crippen LogP contribution in [-0.2, 0) is 4.74 Å². The van der Waals surface area contributed by atoms with E-state index in [1.807, 2.05) is 44.2 Å². The second kappa shape index (κ2) is 13.8. The van der Waals surface area contributed by atoms with Crippen LogP contribution in [0.4, 0.5) is 0 Å². The molecule has 0 amide bonds. The molecule has 0 bridgehead atoms. The number of rotatable bonds is 9. The van der Waals surface area contributed by atoms with Gasteiger partial charge in [0.2, 0.25) is 0 Å². The van der Waals surface area contributed by atoms with E-state index < -0.39 is 0 Å². The van der Waals surface area contributed by atoms with Crippen molar-refractivity contribution in [3.8, 4) is 0 Å². The van der Waals surface area contributed by atoms with Crippen molar-refractivity contribution in [2.75, 3.05) is 39.5 Å². The minimum atomic E-state index is 0. The Bertz CT molecular complexity index is 402. The highest BCUT2D eigenvalue weighted by Crippen LogP contribution is 2.14. The van der Waals surface area contributed by atoms with Gasteiger partial charge in [0, 0.05) is 25.6 Å². The standard InChI is InChI=1S/C16H27N3O2.HI/c1-3-17-16(18-10-11-21-4-2)19-12-15(13-20)14-8-6-5-7-9-14;/h5-9,15,20H,3-4,10-13H2,1-2H3,(H2,17,18,19);1H.